The molecule has 1 aromatic heterocycles. The zero-order valence-electron chi connectivity index (χ0n) is 12.0. The summed E-state index contributed by atoms with van der Waals surface area (Å²) in [4.78, 5) is 3.44. The number of hydrogen-bond donors (Lipinski definition) is 2. The molecule has 22 heavy (non-hydrogen) atoms. The lowest BCUT2D eigenvalue weighted by atomic mass is 10.0. The van der Waals surface area contributed by atoms with E-state index in [1.807, 2.05) is 18.2 Å². The Hall–Kier alpha value is -1.89. The fraction of sp³-hybridized carbons (Fsp3) is 0.250. The molecule has 0 saturated heterocycles. The summed E-state index contributed by atoms with van der Waals surface area (Å²) < 4.78 is 33.8. The number of aromatic amines is 1. The van der Waals surface area contributed by atoms with Gasteiger partial charge in [0.25, 0.3) is 0 Å². The van der Waals surface area contributed by atoms with E-state index in [-0.39, 0.29) is 6.61 Å². The largest absolute Gasteiger partial charge is 0.397 e. The molecule has 0 radical (unpaired) electrons. The number of fused-ring (bicyclic) bond motifs is 3. The van der Waals surface area contributed by atoms with E-state index in [2.05, 4.69) is 33.4 Å². The van der Waals surface area contributed by atoms with Gasteiger partial charge in [-0.05, 0) is 30.9 Å². The Kier molecular flexibility index (Phi) is 4.15. The average molecular weight is 319 g/mol. The summed E-state index contributed by atoms with van der Waals surface area (Å²) in [5.41, 5.74) is 3.43. The maximum atomic E-state index is 10.5. The van der Waals surface area contributed by atoms with Crippen molar-refractivity contribution in [2.24, 2.45) is 0 Å². The lowest BCUT2D eigenvalue weighted by molar-refractivity contribution is 0.263. The van der Waals surface area contributed by atoms with Crippen molar-refractivity contribution in [2.45, 2.75) is 19.3 Å². The third-order valence-corrected chi connectivity index (χ3v) is 4.16. The molecule has 0 atom stereocenters. The molecule has 1 heterocycles. The number of H-pyrrole nitrogens is 1. The monoisotopic (exact) mass is 319 g/mol. The molecule has 116 valence electrons. The minimum absolute atomic E-state index is 0.00150. The number of nitrogens with one attached hydrogen (secondary N) is 1. The number of benzene rings is 2. The Morgan fingerprint density at radius 1 is 1.00 bits per heavy atom. The Morgan fingerprint density at radius 3 is 2.59 bits per heavy atom. The summed E-state index contributed by atoms with van der Waals surface area (Å²) in [6, 6.07) is 14.4. The fourth-order valence-corrected chi connectivity index (χ4v) is 3.05. The van der Waals surface area contributed by atoms with Crippen LogP contribution in [0, 0.1) is 0 Å². The predicted molar refractivity (Wildman–Crippen MR) is 86.2 cm³/mol. The Bertz CT molecular complexity index is 899. The van der Waals surface area contributed by atoms with Gasteiger partial charge >= 0.3 is 10.4 Å². The highest BCUT2D eigenvalue weighted by Gasteiger charge is 2.08. The Labute approximate surface area is 128 Å². The molecule has 0 fully saturated rings. The summed E-state index contributed by atoms with van der Waals surface area (Å²) >= 11 is 0. The summed E-state index contributed by atoms with van der Waals surface area (Å²) in [7, 11) is -4.33. The molecule has 2 N–H and O–H groups in total. The van der Waals surface area contributed by atoms with E-state index in [1.54, 1.807) is 0 Å². The van der Waals surface area contributed by atoms with Gasteiger partial charge in [0.2, 0.25) is 0 Å². The third-order valence-electron chi connectivity index (χ3n) is 3.70. The van der Waals surface area contributed by atoms with E-state index in [0.29, 0.717) is 6.42 Å². The van der Waals surface area contributed by atoms with Crippen LogP contribution >= 0.6 is 0 Å². The van der Waals surface area contributed by atoms with Crippen molar-refractivity contribution in [3.63, 3.8) is 0 Å². The van der Waals surface area contributed by atoms with Gasteiger partial charge in [-0.25, -0.2) is 4.18 Å². The molecular formula is C16H17NO4S. The summed E-state index contributed by atoms with van der Waals surface area (Å²) in [5, 5.41) is 2.40. The SMILES string of the molecule is O=S(=O)(O)OCCCCc1cccc2c1[nH]c1ccccc12. The van der Waals surface area contributed by atoms with E-state index in [9.17, 15) is 8.42 Å². The molecule has 0 saturated carbocycles. The normalized spacial score (nSPS) is 12.2. The molecule has 0 bridgehead atoms. The van der Waals surface area contributed by atoms with Crippen LogP contribution in [0.15, 0.2) is 42.5 Å². The van der Waals surface area contributed by atoms with Crippen molar-refractivity contribution >= 4 is 32.2 Å². The minimum Gasteiger partial charge on any atom is -0.354 e. The molecule has 0 aliphatic heterocycles. The van der Waals surface area contributed by atoms with E-state index >= 15 is 0 Å². The van der Waals surface area contributed by atoms with Crippen molar-refractivity contribution < 1.29 is 17.2 Å². The smallest absolute Gasteiger partial charge is 0.354 e. The van der Waals surface area contributed by atoms with E-state index < -0.39 is 10.4 Å². The second kappa shape index (κ2) is 6.08. The van der Waals surface area contributed by atoms with Crippen molar-refractivity contribution in [1.29, 1.82) is 0 Å². The van der Waals surface area contributed by atoms with Crippen LogP contribution in [0.2, 0.25) is 0 Å². The molecule has 5 nitrogen and oxygen atoms in total. The first-order valence-electron chi connectivity index (χ1n) is 7.15. The van der Waals surface area contributed by atoms with Gasteiger partial charge in [0.05, 0.1) is 6.61 Å². The topological polar surface area (TPSA) is 79.4 Å². The van der Waals surface area contributed by atoms with Crippen molar-refractivity contribution in [2.75, 3.05) is 6.61 Å². The van der Waals surface area contributed by atoms with Gasteiger partial charge < -0.3 is 4.98 Å². The molecule has 2 aromatic carbocycles. The fourth-order valence-electron chi connectivity index (χ4n) is 2.72. The molecular weight excluding hydrogens is 302 g/mol. The predicted octanol–water partition coefficient (Wildman–Crippen LogP) is 3.46. The molecule has 0 aliphatic rings. The Morgan fingerprint density at radius 2 is 1.77 bits per heavy atom. The number of unbranched alkanes of at least 4 members (excludes halogenated alkanes) is 1. The zero-order chi connectivity index (χ0) is 15.6. The first-order chi connectivity index (χ1) is 10.5. The number of aromatic nitrogens is 1. The maximum absolute atomic E-state index is 10.5. The number of rotatable bonds is 6. The lowest BCUT2D eigenvalue weighted by Gasteiger charge is -2.03. The maximum Gasteiger partial charge on any atom is 0.397 e. The van der Waals surface area contributed by atoms with Crippen LogP contribution in [-0.2, 0) is 21.0 Å². The summed E-state index contributed by atoms with van der Waals surface area (Å²) in [6.07, 6.45) is 2.17. The molecule has 0 amide bonds. The average Bonchev–Trinajstić information content (AvgIpc) is 2.85. The number of para-hydroxylation sites is 2. The Balaban J connectivity index is 1.74. The second-order valence-corrected chi connectivity index (χ2v) is 6.31. The third kappa shape index (κ3) is 3.30. The molecule has 3 aromatic rings. The van der Waals surface area contributed by atoms with Crippen molar-refractivity contribution in [3.8, 4) is 0 Å². The minimum atomic E-state index is -4.33. The van der Waals surface area contributed by atoms with E-state index in [4.69, 9.17) is 4.55 Å². The van der Waals surface area contributed by atoms with Crippen molar-refractivity contribution in [1.82, 2.24) is 4.98 Å². The van der Waals surface area contributed by atoms with Gasteiger partial charge in [-0.3, -0.25) is 4.55 Å². The zero-order valence-corrected chi connectivity index (χ0v) is 12.8. The van der Waals surface area contributed by atoms with Crippen LogP contribution in [0.4, 0.5) is 0 Å². The van der Waals surface area contributed by atoms with Crippen LogP contribution in [0.25, 0.3) is 21.8 Å². The highest BCUT2D eigenvalue weighted by molar-refractivity contribution is 7.80. The van der Waals surface area contributed by atoms with Crippen LogP contribution in [0.5, 0.6) is 0 Å². The van der Waals surface area contributed by atoms with E-state index in [0.717, 1.165) is 23.9 Å². The lowest BCUT2D eigenvalue weighted by Crippen LogP contribution is -2.05. The second-order valence-electron chi connectivity index (χ2n) is 5.22. The first-order valence-corrected chi connectivity index (χ1v) is 8.51. The van der Waals surface area contributed by atoms with Gasteiger partial charge in [0, 0.05) is 21.8 Å². The summed E-state index contributed by atoms with van der Waals surface area (Å²) in [6.45, 7) is 0.00150. The van der Waals surface area contributed by atoms with Crippen LogP contribution < -0.4 is 0 Å². The van der Waals surface area contributed by atoms with Gasteiger partial charge in [0.15, 0.2) is 0 Å². The van der Waals surface area contributed by atoms with Crippen LogP contribution in [-0.4, -0.2) is 24.6 Å². The van der Waals surface area contributed by atoms with Crippen LogP contribution in [0.1, 0.15) is 18.4 Å². The van der Waals surface area contributed by atoms with Gasteiger partial charge in [-0.15, -0.1) is 0 Å². The standard InChI is InChI=1S/C16H17NO4S/c18-22(19,20)21-11-4-3-6-12-7-5-9-14-13-8-1-2-10-15(13)17-16(12)14/h1-2,5,7-10,17H,3-4,6,11H2,(H,18,19,20). The van der Waals surface area contributed by atoms with E-state index in [1.165, 1.54) is 16.3 Å². The van der Waals surface area contributed by atoms with Crippen molar-refractivity contribution in [3.05, 3.63) is 48.0 Å². The highest BCUT2D eigenvalue weighted by Crippen LogP contribution is 2.28. The highest BCUT2D eigenvalue weighted by atomic mass is 32.3. The van der Waals surface area contributed by atoms with Gasteiger partial charge in [-0.2, -0.15) is 8.42 Å². The molecule has 0 unspecified atom stereocenters. The van der Waals surface area contributed by atoms with Gasteiger partial charge in [-0.1, -0.05) is 36.4 Å². The number of aryl methyl sites for hydroxylation is 1. The molecule has 0 aliphatic carbocycles. The van der Waals surface area contributed by atoms with Crippen LogP contribution in [0.3, 0.4) is 0 Å². The first kappa shape index (κ1) is 15.0. The molecule has 3 rings (SSSR count). The van der Waals surface area contributed by atoms with Gasteiger partial charge in [0.1, 0.15) is 0 Å². The molecule has 6 heteroatoms. The summed E-state index contributed by atoms with van der Waals surface area (Å²) in [5.74, 6) is 0. The quantitative estimate of drug-likeness (QED) is 0.538. The molecule has 0 spiro atoms. The number of hydrogen-bond acceptors (Lipinski definition) is 3.